The number of aryl methyl sites for hydroxylation is 1. The lowest BCUT2D eigenvalue weighted by atomic mass is 9.95. The Bertz CT molecular complexity index is 913. The first-order valence-electron chi connectivity index (χ1n) is 8.18. The van der Waals surface area contributed by atoms with E-state index in [9.17, 15) is 4.79 Å². The number of hydrogen-bond donors (Lipinski definition) is 2. The number of H-pyrrole nitrogens is 1. The van der Waals surface area contributed by atoms with Gasteiger partial charge in [-0.1, -0.05) is 18.2 Å². The highest BCUT2D eigenvalue weighted by molar-refractivity contribution is 5.95. The van der Waals surface area contributed by atoms with Crippen molar-refractivity contribution in [3.63, 3.8) is 0 Å². The molecular weight excluding hydrogens is 316 g/mol. The Hall–Kier alpha value is -3.09. The first-order chi connectivity index (χ1) is 12.1. The van der Waals surface area contributed by atoms with E-state index in [0.29, 0.717) is 17.1 Å². The molecule has 7 heteroatoms. The van der Waals surface area contributed by atoms with Crippen LogP contribution in [0.15, 0.2) is 36.5 Å². The van der Waals surface area contributed by atoms with E-state index >= 15 is 0 Å². The Morgan fingerprint density at radius 3 is 2.68 bits per heavy atom. The SMILES string of the molecule is Cc1cccc(C2(NC(=O)c3ccc(-c4nn[nH]n4)nc3)CC2)c1C. The van der Waals surface area contributed by atoms with Gasteiger partial charge in [0.1, 0.15) is 5.69 Å². The van der Waals surface area contributed by atoms with Crippen molar-refractivity contribution in [2.75, 3.05) is 0 Å². The molecule has 1 aromatic carbocycles. The third-order valence-electron chi connectivity index (χ3n) is 4.82. The van der Waals surface area contributed by atoms with E-state index in [1.165, 1.54) is 16.7 Å². The summed E-state index contributed by atoms with van der Waals surface area (Å²) in [6.45, 7) is 4.20. The second-order valence-corrected chi connectivity index (χ2v) is 6.45. The lowest BCUT2D eigenvalue weighted by Crippen LogP contribution is -2.35. The van der Waals surface area contributed by atoms with E-state index < -0.39 is 0 Å². The van der Waals surface area contributed by atoms with Gasteiger partial charge in [0.25, 0.3) is 5.91 Å². The van der Waals surface area contributed by atoms with Crippen LogP contribution < -0.4 is 5.32 Å². The van der Waals surface area contributed by atoms with Crippen molar-refractivity contribution in [3.05, 3.63) is 58.8 Å². The first kappa shape index (κ1) is 15.4. The van der Waals surface area contributed by atoms with Crippen LogP contribution in [0.3, 0.4) is 0 Å². The molecule has 1 saturated carbocycles. The zero-order chi connectivity index (χ0) is 17.4. The number of nitrogens with one attached hydrogen (secondary N) is 2. The Morgan fingerprint density at radius 1 is 1.20 bits per heavy atom. The highest BCUT2D eigenvalue weighted by Gasteiger charge is 2.46. The zero-order valence-electron chi connectivity index (χ0n) is 14.1. The average Bonchev–Trinajstić information content (AvgIpc) is 3.19. The third-order valence-corrected chi connectivity index (χ3v) is 4.82. The first-order valence-corrected chi connectivity index (χ1v) is 8.18. The third kappa shape index (κ3) is 2.77. The van der Waals surface area contributed by atoms with E-state index in [4.69, 9.17) is 0 Å². The Kier molecular flexibility index (Phi) is 3.56. The van der Waals surface area contributed by atoms with Crippen LogP contribution in [0.5, 0.6) is 0 Å². The van der Waals surface area contributed by atoms with Crippen LogP contribution in [-0.2, 0) is 5.54 Å². The van der Waals surface area contributed by atoms with Crippen LogP contribution in [0, 0.1) is 13.8 Å². The van der Waals surface area contributed by atoms with Crippen molar-refractivity contribution in [2.24, 2.45) is 0 Å². The Balaban J connectivity index is 1.55. The maximum absolute atomic E-state index is 12.7. The fraction of sp³-hybridized carbons (Fsp3) is 0.278. The molecule has 25 heavy (non-hydrogen) atoms. The molecule has 0 spiro atoms. The van der Waals surface area contributed by atoms with Gasteiger partial charge in [-0.05, 0) is 60.7 Å². The highest BCUT2D eigenvalue weighted by Crippen LogP contribution is 2.47. The molecule has 4 rings (SSSR count). The highest BCUT2D eigenvalue weighted by atomic mass is 16.1. The summed E-state index contributed by atoms with van der Waals surface area (Å²) in [6.07, 6.45) is 3.45. The van der Waals surface area contributed by atoms with Crippen molar-refractivity contribution in [1.29, 1.82) is 0 Å². The predicted molar refractivity (Wildman–Crippen MR) is 91.7 cm³/mol. The summed E-state index contributed by atoms with van der Waals surface area (Å²) in [7, 11) is 0. The zero-order valence-corrected chi connectivity index (χ0v) is 14.1. The topological polar surface area (TPSA) is 96.5 Å². The van der Waals surface area contributed by atoms with E-state index in [0.717, 1.165) is 12.8 Å². The summed E-state index contributed by atoms with van der Waals surface area (Å²) < 4.78 is 0. The van der Waals surface area contributed by atoms with Crippen molar-refractivity contribution in [1.82, 2.24) is 30.9 Å². The predicted octanol–water partition coefficient (Wildman–Crippen LogP) is 2.30. The van der Waals surface area contributed by atoms with Crippen molar-refractivity contribution < 1.29 is 4.79 Å². The van der Waals surface area contributed by atoms with Crippen molar-refractivity contribution in [2.45, 2.75) is 32.2 Å². The number of carbonyl (C=O) groups is 1. The van der Waals surface area contributed by atoms with Gasteiger partial charge in [-0.2, -0.15) is 5.21 Å². The molecule has 3 aromatic rings. The van der Waals surface area contributed by atoms with E-state index in [1.807, 2.05) is 6.07 Å². The molecule has 0 saturated heterocycles. The van der Waals surface area contributed by atoms with Gasteiger partial charge >= 0.3 is 0 Å². The van der Waals surface area contributed by atoms with Gasteiger partial charge in [0.2, 0.25) is 5.82 Å². The van der Waals surface area contributed by atoms with Gasteiger partial charge in [0.15, 0.2) is 0 Å². The van der Waals surface area contributed by atoms with Crippen LogP contribution in [0.4, 0.5) is 0 Å². The lowest BCUT2D eigenvalue weighted by Gasteiger charge is -2.21. The molecule has 0 bridgehead atoms. The van der Waals surface area contributed by atoms with E-state index in [-0.39, 0.29) is 11.4 Å². The molecule has 0 radical (unpaired) electrons. The molecule has 2 aromatic heterocycles. The molecule has 7 nitrogen and oxygen atoms in total. The minimum Gasteiger partial charge on any atom is -0.342 e. The van der Waals surface area contributed by atoms with Crippen LogP contribution in [-0.4, -0.2) is 31.5 Å². The quantitative estimate of drug-likeness (QED) is 0.763. The molecule has 1 fully saturated rings. The molecule has 0 unspecified atom stereocenters. The van der Waals surface area contributed by atoms with Crippen LogP contribution in [0.25, 0.3) is 11.5 Å². The van der Waals surface area contributed by atoms with Crippen molar-refractivity contribution in [3.8, 4) is 11.5 Å². The maximum atomic E-state index is 12.7. The smallest absolute Gasteiger partial charge is 0.253 e. The number of nitrogens with zero attached hydrogens (tertiary/aromatic N) is 4. The minimum absolute atomic E-state index is 0.120. The summed E-state index contributed by atoms with van der Waals surface area (Å²) in [4.78, 5) is 16.9. The molecule has 1 aliphatic carbocycles. The number of amides is 1. The second kappa shape index (κ2) is 5.77. The largest absolute Gasteiger partial charge is 0.342 e. The average molecular weight is 334 g/mol. The fourth-order valence-electron chi connectivity index (χ4n) is 3.08. The number of aromatic amines is 1. The van der Waals surface area contributed by atoms with Gasteiger partial charge in [0, 0.05) is 6.20 Å². The summed E-state index contributed by atoms with van der Waals surface area (Å²) in [5.74, 6) is 0.284. The van der Waals surface area contributed by atoms with Gasteiger partial charge in [-0.3, -0.25) is 9.78 Å². The molecule has 2 N–H and O–H groups in total. The van der Waals surface area contributed by atoms with Crippen LogP contribution in [0.1, 0.15) is 39.9 Å². The number of hydrogen-bond acceptors (Lipinski definition) is 5. The standard InChI is InChI=1S/C18H18N6O/c1-11-4-3-5-14(12(11)2)18(8-9-18)20-17(25)13-6-7-15(19-10-13)16-21-23-24-22-16/h3-7,10H,8-9H2,1-2H3,(H,20,25)(H,21,22,23,24). The monoisotopic (exact) mass is 334 g/mol. The molecular formula is C18H18N6O. The number of aromatic nitrogens is 5. The Labute approximate surface area is 144 Å². The summed E-state index contributed by atoms with van der Waals surface area (Å²) >= 11 is 0. The van der Waals surface area contributed by atoms with Gasteiger partial charge in [-0.25, -0.2) is 0 Å². The molecule has 126 valence electrons. The summed E-state index contributed by atoms with van der Waals surface area (Å²) in [5.41, 5.74) is 4.52. The molecule has 0 atom stereocenters. The van der Waals surface area contributed by atoms with Gasteiger partial charge in [-0.15, -0.1) is 10.2 Å². The molecule has 1 amide bonds. The van der Waals surface area contributed by atoms with Gasteiger partial charge in [0.05, 0.1) is 11.1 Å². The summed E-state index contributed by atoms with van der Waals surface area (Å²) in [5, 5.41) is 16.8. The number of tetrazole rings is 1. The summed E-state index contributed by atoms with van der Waals surface area (Å²) in [6, 6.07) is 9.69. The fourth-order valence-corrected chi connectivity index (χ4v) is 3.08. The molecule has 2 heterocycles. The normalized spacial score (nSPS) is 15.0. The number of benzene rings is 1. The van der Waals surface area contributed by atoms with Gasteiger partial charge < -0.3 is 5.32 Å². The number of carbonyl (C=O) groups excluding carboxylic acids is 1. The Morgan fingerprint density at radius 2 is 2.04 bits per heavy atom. The minimum atomic E-state index is -0.250. The van der Waals surface area contributed by atoms with Crippen molar-refractivity contribution >= 4 is 5.91 Å². The lowest BCUT2D eigenvalue weighted by molar-refractivity contribution is 0.0930. The van der Waals surface area contributed by atoms with E-state index in [1.54, 1.807) is 18.3 Å². The number of pyridine rings is 1. The molecule has 0 aliphatic heterocycles. The van der Waals surface area contributed by atoms with Crippen LogP contribution >= 0.6 is 0 Å². The maximum Gasteiger partial charge on any atom is 0.253 e. The number of rotatable bonds is 4. The van der Waals surface area contributed by atoms with Crippen LogP contribution in [0.2, 0.25) is 0 Å². The molecule has 1 aliphatic rings. The second-order valence-electron chi connectivity index (χ2n) is 6.45. The van der Waals surface area contributed by atoms with E-state index in [2.05, 4.69) is 56.9 Å².